The molecule has 0 unspecified atom stereocenters. The molecule has 0 aliphatic carbocycles. The third-order valence-corrected chi connectivity index (χ3v) is 4.72. The van der Waals surface area contributed by atoms with Crippen LogP contribution in [0, 0.1) is 21.4 Å². The molecule has 2 aromatic carbocycles. The lowest BCUT2D eigenvalue weighted by molar-refractivity contribution is -0.384. The fraction of sp³-hybridized carbons (Fsp3) is 0.150. The van der Waals surface area contributed by atoms with E-state index in [9.17, 15) is 19.7 Å². The summed E-state index contributed by atoms with van der Waals surface area (Å²) in [6.45, 7) is 0.115. The molecule has 0 bridgehead atoms. The minimum Gasteiger partial charge on any atom is -0.408 e. The molecule has 144 valence electrons. The predicted molar refractivity (Wildman–Crippen MR) is 104 cm³/mol. The van der Waals surface area contributed by atoms with Gasteiger partial charge >= 0.3 is 5.76 Å². The van der Waals surface area contributed by atoms with Gasteiger partial charge in [0, 0.05) is 41.3 Å². The highest BCUT2D eigenvalue weighted by Gasteiger charge is 2.20. The number of non-ortho nitro benzene ring substituents is 1. The van der Waals surface area contributed by atoms with Gasteiger partial charge in [0.2, 0.25) is 0 Å². The molecule has 0 spiro atoms. The van der Waals surface area contributed by atoms with Gasteiger partial charge in [0.15, 0.2) is 11.4 Å². The maximum absolute atomic E-state index is 13.0. The summed E-state index contributed by atoms with van der Waals surface area (Å²) in [6.07, 6.45) is 1.96. The summed E-state index contributed by atoms with van der Waals surface area (Å²) in [5, 5.41) is 20.6. The third-order valence-electron chi connectivity index (χ3n) is 4.72. The molecule has 9 heteroatoms. The van der Waals surface area contributed by atoms with Crippen molar-refractivity contribution in [2.24, 2.45) is 0 Å². The van der Waals surface area contributed by atoms with Crippen LogP contribution < -0.4 is 5.76 Å². The number of ketones is 1. The molecular weight excluding hydrogens is 376 g/mol. The van der Waals surface area contributed by atoms with Crippen molar-refractivity contribution < 1.29 is 14.1 Å². The Hall–Kier alpha value is -4.19. The van der Waals surface area contributed by atoms with Gasteiger partial charge in [-0.1, -0.05) is 18.2 Å². The van der Waals surface area contributed by atoms with Crippen LogP contribution in [0.25, 0.3) is 22.0 Å². The van der Waals surface area contributed by atoms with Crippen molar-refractivity contribution in [3.8, 4) is 6.07 Å². The smallest absolute Gasteiger partial charge is 0.408 e. The number of nitro benzene ring substituents is 1. The molecule has 4 rings (SSSR count). The molecule has 9 nitrogen and oxygen atoms in total. The van der Waals surface area contributed by atoms with Crippen molar-refractivity contribution >= 4 is 33.5 Å². The van der Waals surface area contributed by atoms with Gasteiger partial charge in [-0.2, -0.15) is 5.26 Å². The maximum atomic E-state index is 13.0. The van der Waals surface area contributed by atoms with Gasteiger partial charge in [0.05, 0.1) is 29.5 Å². The second-order valence-electron chi connectivity index (χ2n) is 6.45. The molecule has 0 N–H and O–H groups in total. The topological polar surface area (TPSA) is 124 Å². The van der Waals surface area contributed by atoms with Crippen molar-refractivity contribution in [1.29, 1.82) is 5.26 Å². The summed E-state index contributed by atoms with van der Waals surface area (Å²) >= 11 is 0. The molecular formula is C20H14N4O5. The molecule has 0 amide bonds. The van der Waals surface area contributed by atoms with Gasteiger partial charge in [-0.15, -0.1) is 0 Å². The second-order valence-corrected chi connectivity index (χ2v) is 6.45. The Balaban J connectivity index is 1.76. The van der Waals surface area contributed by atoms with Crippen LogP contribution in [-0.4, -0.2) is 19.8 Å². The van der Waals surface area contributed by atoms with E-state index >= 15 is 0 Å². The zero-order valence-electron chi connectivity index (χ0n) is 15.1. The Morgan fingerprint density at radius 1 is 1.21 bits per heavy atom. The van der Waals surface area contributed by atoms with Gasteiger partial charge in [-0.3, -0.25) is 19.5 Å². The first-order valence-corrected chi connectivity index (χ1v) is 8.75. The van der Waals surface area contributed by atoms with Crippen LogP contribution in [0.5, 0.6) is 0 Å². The number of oxazole rings is 1. The summed E-state index contributed by atoms with van der Waals surface area (Å²) < 4.78 is 8.02. The Kier molecular flexibility index (Phi) is 4.44. The summed E-state index contributed by atoms with van der Waals surface area (Å²) in [5.41, 5.74) is 1.37. The highest BCUT2D eigenvalue weighted by molar-refractivity contribution is 6.08. The summed E-state index contributed by atoms with van der Waals surface area (Å²) in [7, 11) is 0. The Morgan fingerprint density at radius 3 is 2.76 bits per heavy atom. The van der Waals surface area contributed by atoms with Crippen molar-refractivity contribution in [2.45, 2.75) is 19.5 Å². The van der Waals surface area contributed by atoms with Crippen LogP contribution in [0.4, 0.5) is 5.69 Å². The van der Waals surface area contributed by atoms with Crippen molar-refractivity contribution in [1.82, 2.24) is 9.13 Å². The number of nitriles is 1. The van der Waals surface area contributed by atoms with Crippen molar-refractivity contribution in [3.63, 3.8) is 0 Å². The van der Waals surface area contributed by atoms with Crippen molar-refractivity contribution in [2.75, 3.05) is 0 Å². The number of hydrogen-bond acceptors (Lipinski definition) is 6. The van der Waals surface area contributed by atoms with Gasteiger partial charge in [0.1, 0.15) is 0 Å². The fourth-order valence-electron chi connectivity index (χ4n) is 3.37. The number of Topliss-reactive ketones (excluding diaryl/α,β-unsaturated/α-hetero) is 1. The molecule has 2 heterocycles. The normalized spacial score (nSPS) is 11.0. The fourth-order valence-corrected chi connectivity index (χ4v) is 3.37. The molecule has 2 aromatic heterocycles. The highest BCUT2D eigenvalue weighted by atomic mass is 16.6. The Morgan fingerprint density at radius 2 is 2.00 bits per heavy atom. The van der Waals surface area contributed by atoms with E-state index in [2.05, 4.69) is 6.07 Å². The zero-order chi connectivity index (χ0) is 20.5. The number of nitro groups is 1. The highest BCUT2D eigenvalue weighted by Crippen LogP contribution is 2.24. The van der Waals surface area contributed by atoms with Crippen LogP contribution in [0.1, 0.15) is 16.8 Å². The first-order valence-electron chi connectivity index (χ1n) is 8.75. The van der Waals surface area contributed by atoms with Crippen LogP contribution in [-0.2, 0) is 13.1 Å². The number of fused-ring (bicyclic) bond motifs is 2. The number of para-hydroxylation sites is 1. The first kappa shape index (κ1) is 18.2. The number of carbonyl (C=O) groups is 1. The number of aryl methyl sites for hydroxylation is 1. The van der Waals surface area contributed by atoms with E-state index < -0.39 is 10.7 Å². The van der Waals surface area contributed by atoms with Gasteiger partial charge in [-0.05, 0) is 12.1 Å². The van der Waals surface area contributed by atoms with Crippen LogP contribution in [0.15, 0.2) is 57.9 Å². The van der Waals surface area contributed by atoms with E-state index in [1.807, 2.05) is 16.7 Å². The second kappa shape index (κ2) is 7.09. The zero-order valence-corrected chi connectivity index (χ0v) is 15.1. The number of benzene rings is 2. The van der Waals surface area contributed by atoms with Crippen molar-refractivity contribution in [3.05, 3.63) is 74.9 Å². The molecule has 0 aliphatic rings. The molecule has 4 aromatic rings. The van der Waals surface area contributed by atoms with E-state index in [-0.39, 0.29) is 29.1 Å². The largest absolute Gasteiger partial charge is 0.420 e. The van der Waals surface area contributed by atoms with Gasteiger partial charge < -0.3 is 8.98 Å². The summed E-state index contributed by atoms with van der Waals surface area (Å²) in [5.74, 6) is -1.10. The first-order chi connectivity index (χ1) is 14.0. The number of hydrogen-bond donors (Lipinski definition) is 0. The monoisotopic (exact) mass is 390 g/mol. The van der Waals surface area contributed by atoms with Crippen LogP contribution in [0.2, 0.25) is 0 Å². The number of aromatic nitrogens is 2. The quantitative estimate of drug-likeness (QED) is 0.283. The Bertz CT molecular complexity index is 1370. The molecule has 0 fully saturated rings. The molecule has 0 atom stereocenters. The van der Waals surface area contributed by atoms with Crippen LogP contribution in [0.3, 0.4) is 0 Å². The van der Waals surface area contributed by atoms with Crippen LogP contribution >= 0.6 is 0 Å². The minimum atomic E-state index is -0.762. The van der Waals surface area contributed by atoms with E-state index in [1.54, 1.807) is 18.3 Å². The predicted octanol–water partition coefficient (Wildman–Crippen LogP) is 3.25. The van der Waals surface area contributed by atoms with E-state index in [1.165, 1.54) is 18.2 Å². The maximum Gasteiger partial charge on any atom is 0.420 e. The van der Waals surface area contributed by atoms with E-state index in [0.29, 0.717) is 23.9 Å². The third kappa shape index (κ3) is 3.17. The lowest BCUT2D eigenvalue weighted by atomic mass is 10.1. The molecule has 0 saturated carbocycles. The minimum absolute atomic E-state index is 0.171. The average molecular weight is 390 g/mol. The number of rotatable bonds is 6. The standard InChI is InChI=1S/C20H14N4O5/c21-8-3-9-22-11-15(14-4-1-2-5-16(14)22)18(25)12-23-17-10-13(24(27)28)6-7-19(17)29-20(23)26/h1-2,4-7,10-11H,3,9,12H2. The van der Waals surface area contributed by atoms with E-state index in [4.69, 9.17) is 9.68 Å². The molecule has 0 saturated heterocycles. The summed E-state index contributed by atoms with van der Waals surface area (Å²) in [6, 6.07) is 13.2. The lowest BCUT2D eigenvalue weighted by Crippen LogP contribution is -2.20. The van der Waals surface area contributed by atoms with Gasteiger partial charge in [-0.25, -0.2) is 4.79 Å². The number of nitrogens with zero attached hydrogens (tertiary/aromatic N) is 4. The molecule has 29 heavy (non-hydrogen) atoms. The number of carbonyl (C=O) groups excluding carboxylic acids is 1. The van der Waals surface area contributed by atoms with E-state index in [0.717, 1.165) is 10.1 Å². The lowest BCUT2D eigenvalue weighted by Gasteiger charge is -2.01. The SMILES string of the molecule is N#CCCn1cc(C(=O)Cn2c(=O)oc3ccc([N+](=O)[O-])cc32)c2ccccc21. The molecule has 0 radical (unpaired) electrons. The average Bonchev–Trinajstić information content (AvgIpc) is 3.23. The van der Waals surface area contributed by atoms with Gasteiger partial charge in [0.25, 0.3) is 5.69 Å². The summed E-state index contributed by atoms with van der Waals surface area (Å²) in [4.78, 5) is 35.7. The Labute approximate surface area is 163 Å². The molecule has 0 aliphatic heterocycles.